The van der Waals surface area contributed by atoms with E-state index in [1.807, 2.05) is 6.92 Å². The molecule has 0 radical (unpaired) electrons. The van der Waals surface area contributed by atoms with Gasteiger partial charge in [-0.3, -0.25) is 9.36 Å². The van der Waals surface area contributed by atoms with Gasteiger partial charge in [0.1, 0.15) is 28.7 Å². The van der Waals surface area contributed by atoms with Gasteiger partial charge in [-0.2, -0.15) is 0 Å². The van der Waals surface area contributed by atoms with Gasteiger partial charge in [-0.1, -0.05) is 13.3 Å². The number of hydrogen-bond donors (Lipinski definition) is 2. The second-order valence-corrected chi connectivity index (χ2v) is 8.32. The molecule has 0 saturated carbocycles. The highest BCUT2D eigenvalue weighted by Gasteiger charge is 2.31. The van der Waals surface area contributed by atoms with Crippen molar-refractivity contribution < 1.29 is 19.0 Å². The zero-order chi connectivity index (χ0) is 25.3. The smallest absolute Gasteiger partial charge is 0.349 e. The van der Waals surface area contributed by atoms with E-state index in [0.29, 0.717) is 67.0 Å². The van der Waals surface area contributed by atoms with Gasteiger partial charge in [0, 0.05) is 13.6 Å². The zero-order valence-corrected chi connectivity index (χ0v) is 21.0. The molecule has 0 amide bonds. The van der Waals surface area contributed by atoms with Crippen LogP contribution in [0.15, 0.2) is 29.1 Å². The SMILES string of the molecule is CCCC(=N)c1nc(C)n(CCCOc2ccc(OC(C)(C)C(=O)OCC)cc2)c(=O)c1NC. The molecule has 0 saturated heterocycles. The van der Waals surface area contributed by atoms with Crippen molar-refractivity contribution in [3.63, 3.8) is 0 Å². The lowest BCUT2D eigenvalue weighted by Crippen LogP contribution is -2.39. The van der Waals surface area contributed by atoms with Crippen LogP contribution >= 0.6 is 0 Å². The standard InChI is InChI=1S/C25H36N4O5/c1-7-10-20(26)21-22(27-6)23(30)29(17(3)28-21)15-9-16-33-18-11-13-19(14-12-18)34-25(4,5)24(31)32-8-2/h11-14,26-27H,7-10,15-16H2,1-6H3. The molecule has 1 aromatic carbocycles. The second kappa shape index (κ2) is 12.2. The molecule has 9 heteroatoms. The number of ether oxygens (including phenoxy) is 3. The van der Waals surface area contributed by atoms with Crippen molar-refractivity contribution in [1.29, 1.82) is 5.41 Å². The van der Waals surface area contributed by atoms with Crippen LogP contribution in [-0.2, 0) is 16.1 Å². The summed E-state index contributed by atoms with van der Waals surface area (Å²) in [7, 11) is 1.67. The minimum absolute atomic E-state index is 0.184. The largest absolute Gasteiger partial charge is 0.494 e. The number of carbonyl (C=O) groups excluding carboxylic acids is 1. The van der Waals surface area contributed by atoms with Crippen LogP contribution in [0.2, 0.25) is 0 Å². The van der Waals surface area contributed by atoms with E-state index in [-0.39, 0.29) is 5.56 Å². The summed E-state index contributed by atoms with van der Waals surface area (Å²) in [5.74, 6) is 1.34. The van der Waals surface area contributed by atoms with Crippen molar-refractivity contribution >= 4 is 17.4 Å². The molecule has 1 aromatic heterocycles. The maximum absolute atomic E-state index is 12.9. The molecule has 0 spiro atoms. The third-order valence-corrected chi connectivity index (χ3v) is 5.15. The van der Waals surface area contributed by atoms with E-state index in [4.69, 9.17) is 19.6 Å². The van der Waals surface area contributed by atoms with Gasteiger partial charge in [0.15, 0.2) is 5.60 Å². The molecule has 0 aliphatic carbocycles. The molecular weight excluding hydrogens is 436 g/mol. The van der Waals surface area contributed by atoms with Gasteiger partial charge in [0.2, 0.25) is 0 Å². The fourth-order valence-corrected chi connectivity index (χ4v) is 3.39. The molecule has 0 bridgehead atoms. The third kappa shape index (κ3) is 6.82. The average Bonchev–Trinajstić information content (AvgIpc) is 2.79. The predicted octanol–water partition coefficient (Wildman–Crippen LogP) is 3.95. The lowest BCUT2D eigenvalue weighted by molar-refractivity contribution is -0.158. The summed E-state index contributed by atoms with van der Waals surface area (Å²) in [6, 6.07) is 7.00. The van der Waals surface area contributed by atoms with E-state index in [1.54, 1.807) is 63.6 Å². The van der Waals surface area contributed by atoms with Crippen LogP contribution in [-0.4, -0.2) is 47.1 Å². The number of esters is 1. The Morgan fingerprint density at radius 1 is 1.18 bits per heavy atom. The van der Waals surface area contributed by atoms with Crippen molar-refractivity contribution in [2.45, 2.75) is 66.0 Å². The van der Waals surface area contributed by atoms with Crippen LogP contribution in [0.3, 0.4) is 0 Å². The van der Waals surface area contributed by atoms with E-state index in [0.717, 1.165) is 6.42 Å². The Hall–Kier alpha value is -3.36. The number of rotatable bonds is 13. The summed E-state index contributed by atoms with van der Waals surface area (Å²) < 4.78 is 18.2. The van der Waals surface area contributed by atoms with Gasteiger partial charge in [-0.25, -0.2) is 9.78 Å². The van der Waals surface area contributed by atoms with E-state index in [2.05, 4.69) is 10.3 Å². The van der Waals surface area contributed by atoms with Crippen molar-refractivity contribution in [2.24, 2.45) is 0 Å². The summed E-state index contributed by atoms with van der Waals surface area (Å²) in [5.41, 5.74) is -0.134. The summed E-state index contributed by atoms with van der Waals surface area (Å²) in [6.45, 7) is 9.99. The van der Waals surface area contributed by atoms with Gasteiger partial charge < -0.3 is 24.9 Å². The molecular formula is C25H36N4O5. The number of benzene rings is 1. The zero-order valence-electron chi connectivity index (χ0n) is 21.0. The molecule has 1 heterocycles. The molecule has 2 aromatic rings. The minimum Gasteiger partial charge on any atom is -0.494 e. The fraction of sp³-hybridized carbons (Fsp3) is 0.520. The topological polar surface area (TPSA) is 116 Å². The maximum atomic E-state index is 12.9. The highest BCUT2D eigenvalue weighted by atomic mass is 16.6. The Kier molecular flexibility index (Phi) is 9.65. The molecule has 0 unspecified atom stereocenters. The molecule has 34 heavy (non-hydrogen) atoms. The van der Waals surface area contributed by atoms with Gasteiger partial charge in [0.25, 0.3) is 5.56 Å². The molecule has 186 valence electrons. The highest BCUT2D eigenvalue weighted by Crippen LogP contribution is 2.23. The molecule has 2 N–H and O–H groups in total. The van der Waals surface area contributed by atoms with E-state index < -0.39 is 11.6 Å². The predicted molar refractivity (Wildman–Crippen MR) is 132 cm³/mol. The highest BCUT2D eigenvalue weighted by molar-refractivity contribution is 6.00. The van der Waals surface area contributed by atoms with Gasteiger partial charge >= 0.3 is 5.97 Å². The first-order chi connectivity index (χ1) is 16.1. The van der Waals surface area contributed by atoms with Crippen LogP contribution in [0, 0.1) is 12.3 Å². The molecule has 0 atom stereocenters. The Labute approximate surface area is 201 Å². The molecule has 0 aliphatic heterocycles. The maximum Gasteiger partial charge on any atom is 0.349 e. The van der Waals surface area contributed by atoms with Crippen molar-refractivity contribution in [2.75, 3.05) is 25.6 Å². The quantitative estimate of drug-likeness (QED) is 0.258. The number of hydrogen-bond acceptors (Lipinski definition) is 8. The third-order valence-electron chi connectivity index (χ3n) is 5.15. The number of nitrogens with one attached hydrogen (secondary N) is 2. The van der Waals surface area contributed by atoms with Crippen LogP contribution in [0.5, 0.6) is 11.5 Å². The first-order valence-electron chi connectivity index (χ1n) is 11.6. The van der Waals surface area contributed by atoms with E-state index in [1.165, 1.54) is 0 Å². The first kappa shape index (κ1) is 26.9. The van der Waals surface area contributed by atoms with Crippen LogP contribution in [0.1, 0.15) is 58.5 Å². The Morgan fingerprint density at radius 3 is 2.41 bits per heavy atom. The first-order valence-corrected chi connectivity index (χ1v) is 11.6. The Balaban J connectivity index is 1.96. The number of nitrogens with zero attached hydrogens (tertiary/aromatic N) is 2. The van der Waals surface area contributed by atoms with Gasteiger partial charge in [-0.05, 0) is 64.8 Å². The molecule has 0 fully saturated rings. The van der Waals surface area contributed by atoms with E-state index in [9.17, 15) is 9.59 Å². The van der Waals surface area contributed by atoms with Crippen molar-refractivity contribution in [1.82, 2.24) is 9.55 Å². The Morgan fingerprint density at radius 2 is 1.82 bits per heavy atom. The summed E-state index contributed by atoms with van der Waals surface area (Å²) >= 11 is 0. The summed E-state index contributed by atoms with van der Waals surface area (Å²) in [5, 5.41) is 11.1. The normalized spacial score (nSPS) is 11.1. The second-order valence-electron chi connectivity index (χ2n) is 8.32. The van der Waals surface area contributed by atoms with Crippen LogP contribution in [0.25, 0.3) is 0 Å². The number of aromatic nitrogens is 2. The molecule has 2 rings (SSSR count). The monoisotopic (exact) mass is 472 g/mol. The van der Waals surface area contributed by atoms with Crippen molar-refractivity contribution in [3.8, 4) is 11.5 Å². The molecule has 0 aliphatic rings. The fourth-order valence-electron chi connectivity index (χ4n) is 3.39. The molecule has 9 nitrogen and oxygen atoms in total. The average molecular weight is 473 g/mol. The van der Waals surface area contributed by atoms with E-state index >= 15 is 0 Å². The number of aryl methyl sites for hydroxylation is 1. The Bertz CT molecular complexity index is 1040. The summed E-state index contributed by atoms with van der Waals surface area (Å²) in [4.78, 5) is 29.4. The van der Waals surface area contributed by atoms with Crippen LogP contribution < -0.4 is 20.3 Å². The van der Waals surface area contributed by atoms with Gasteiger partial charge in [-0.15, -0.1) is 0 Å². The lowest BCUT2D eigenvalue weighted by Gasteiger charge is -2.24. The van der Waals surface area contributed by atoms with Crippen LogP contribution in [0.4, 0.5) is 5.69 Å². The van der Waals surface area contributed by atoms with Gasteiger partial charge in [0.05, 0.1) is 18.9 Å². The van der Waals surface area contributed by atoms with Crippen molar-refractivity contribution in [3.05, 3.63) is 46.1 Å². The minimum atomic E-state index is -1.09. The lowest BCUT2D eigenvalue weighted by atomic mass is 10.1. The number of carbonyl (C=O) groups is 1. The number of anilines is 1. The summed E-state index contributed by atoms with van der Waals surface area (Å²) in [6.07, 6.45) is 1.99.